The van der Waals surface area contributed by atoms with E-state index in [-0.39, 0.29) is 35.4 Å². The maximum Gasteiger partial charge on any atom is 0.191 e. The van der Waals surface area contributed by atoms with Crippen molar-refractivity contribution >= 4 is 29.9 Å². The topological polar surface area (TPSA) is 58.8 Å². The van der Waals surface area contributed by atoms with Gasteiger partial charge in [-0.1, -0.05) is 6.92 Å². The van der Waals surface area contributed by atoms with Gasteiger partial charge in [-0.2, -0.15) is 0 Å². The lowest BCUT2D eigenvalue weighted by Gasteiger charge is -2.36. The lowest BCUT2D eigenvalue weighted by atomic mass is 9.89. The molecule has 6 heteroatoms. The van der Waals surface area contributed by atoms with E-state index in [1.165, 1.54) is 0 Å². The van der Waals surface area contributed by atoms with Gasteiger partial charge in [-0.15, -0.1) is 24.0 Å². The molecule has 120 valence electrons. The fourth-order valence-electron chi connectivity index (χ4n) is 2.09. The Kier molecular flexibility index (Phi) is 6.99. The van der Waals surface area contributed by atoms with Crippen LogP contribution in [0.4, 0.5) is 0 Å². The molecule has 0 bridgehead atoms. The zero-order valence-electron chi connectivity index (χ0n) is 13.2. The van der Waals surface area contributed by atoms with Crippen LogP contribution in [0.3, 0.4) is 0 Å². The number of rotatable bonds is 5. The third-order valence-electron chi connectivity index (χ3n) is 3.41. The Hall–Kier alpha value is -0.760. The maximum atomic E-state index is 5.64. The van der Waals surface area contributed by atoms with Crippen LogP contribution >= 0.6 is 24.0 Å². The summed E-state index contributed by atoms with van der Waals surface area (Å²) in [6.07, 6.45) is 0. The Morgan fingerprint density at radius 3 is 2.62 bits per heavy atom. The summed E-state index contributed by atoms with van der Waals surface area (Å²) >= 11 is 0. The second kappa shape index (κ2) is 8.03. The van der Waals surface area contributed by atoms with E-state index in [1.54, 1.807) is 0 Å². The predicted molar refractivity (Wildman–Crippen MR) is 95.3 cm³/mol. The van der Waals surface area contributed by atoms with E-state index in [4.69, 9.17) is 9.15 Å². The molecule has 1 saturated heterocycles. The molecule has 1 unspecified atom stereocenters. The van der Waals surface area contributed by atoms with Crippen LogP contribution in [-0.2, 0) is 4.74 Å². The van der Waals surface area contributed by atoms with Gasteiger partial charge in [0.2, 0.25) is 0 Å². The second-order valence-corrected chi connectivity index (χ2v) is 5.81. The van der Waals surface area contributed by atoms with Gasteiger partial charge in [0, 0.05) is 12.0 Å². The second-order valence-electron chi connectivity index (χ2n) is 5.81. The number of hydrogen-bond donors (Lipinski definition) is 2. The van der Waals surface area contributed by atoms with Gasteiger partial charge in [0.1, 0.15) is 11.5 Å². The molecule has 1 atom stereocenters. The predicted octanol–water partition coefficient (Wildman–Crippen LogP) is 2.86. The van der Waals surface area contributed by atoms with Gasteiger partial charge in [0.25, 0.3) is 0 Å². The van der Waals surface area contributed by atoms with Gasteiger partial charge in [0.05, 0.1) is 25.8 Å². The minimum Gasteiger partial charge on any atom is -0.464 e. The lowest BCUT2D eigenvalue weighted by molar-refractivity contribution is -0.0945. The van der Waals surface area contributed by atoms with E-state index in [1.807, 2.05) is 19.1 Å². The summed E-state index contributed by atoms with van der Waals surface area (Å²) in [5.41, 5.74) is 0.187. The van der Waals surface area contributed by atoms with Crippen LogP contribution in [0.5, 0.6) is 0 Å². The first-order valence-corrected chi connectivity index (χ1v) is 7.21. The van der Waals surface area contributed by atoms with Crippen LogP contribution in [0.2, 0.25) is 0 Å². The highest BCUT2D eigenvalue weighted by atomic mass is 127. The molecular weight excluding hydrogens is 381 g/mol. The number of nitrogens with zero attached hydrogens (tertiary/aromatic N) is 1. The first-order valence-electron chi connectivity index (χ1n) is 7.21. The third kappa shape index (κ3) is 5.18. The molecule has 1 aliphatic heterocycles. The van der Waals surface area contributed by atoms with Crippen molar-refractivity contribution in [1.82, 2.24) is 10.6 Å². The molecular formula is C15H26IN3O2. The molecule has 5 nitrogen and oxygen atoms in total. The van der Waals surface area contributed by atoms with Crippen molar-refractivity contribution in [3.8, 4) is 0 Å². The monoisotopic (exact) mass is 407 g/mol. The molecule has 0 radical (unpaired) electrons. The Balaban J connectivity index is 0.00000220. The molecule has 0 spiro atoms. The van der Waals surface area contributed by atoms with Crippen molar-refractivity contribution in [2.24, 2.45) is 10.4 Å². The highest BCUT2D eigenvalue weighted by Gasteiger charge is 2.33. The minimum absolute atomic E-state index is 0. The van der Waals surface area contributed by atoms with E-state index in [9.17, 15) is 0 Å². The Bertz CT molecular complexity index is 469. The first kappa shape index (κ1) is 18.3. The molecule has 0 amide bonds. The molecule has 1 aromatic rings. The summed E-state index contributed by atoms with van der Waals surface area (Å²) in [6.45, 7) is 11.5. The van der Waals surface area contributed by atoms with E-state index in [0.29, 0.717) is 0 Å². The summed E-state index contributed by atoms with van der Waals surface area (Å²) in [6, 6.07) is 4.06. The number of aryl methyl sites for hydroxylation is 1. The number of aliphatic imine (C=N–C) groups is 1. The summed E-state index contributed by atoms with van der Waals surface area (Å²) in [4.78, 5) is 4.65. The molecule has 2 N–H and O–H groups in total. The normalized spacial score (nSPS) is 18.4. The lowest BCUT2D eigenvalue weighted by Crippen LogP contribution is -2.44. The number of guanidine groups is 1. The van der Waals surface area contributed by atoms with Crippen LogP contribution in [0, 0.1) is 12.3 Å². The van der Waals surface area contributed by atoms with Crippen LogP contribution in [0.1, 0.15) is 38.3 Å². The summed E-state index contributed by atoms with van der Waals surface area (Å²) in [5.74, 6) is 2.67. The number of ether oxygens (including phenoxy) is 1. The van der Waals surface area contributed by atoms with Gasteiger partial charge >= 0.3 is 0 Å². The molecule has 1 aliphatic rings. The van der Waals surface area contributed by atoms with Crippen molar-refractivity contribution in [1.29, 1.82) is 0 Å². The highest BCUT2D eigenvalue weighted by molar-refractivity contribution is 14.0. The summed E-state index contributed by atoms with van der Waals surface area (Å²) in [5, 5.41) is 6.64. The summed E-state index contributed by atoms with van der Waals surface area (Å²) < 4.78 is 10.9. The molecule has 0 aromatic carbocycles. The number of furan rings is 1. The summed E-state index contributed by atoms with van der Waals surface area (Å²) in [7, 11) is 0. The molecule has 1 aromatic heterocycles. The smallest absolute Gasteiger partial charge is 0.191 e. The maximum absolute atomic E-state index is 5.64. The van der Waals surface area contributed by atoms with Crippen molar-refractivity contribution in [3.05, 3.63) is 23.7 Å². The SMILES string of the molecule is CCNC(=NCC1(C)COC1)NC(C)c1ccc(C)o1.I. The Morgan fingerprint density at radius 1 is 1.43 bits per heavy atom. The van der Waals surface area contributed by atoms with Crippen molar-refractivity contribution < 1.29 is 9.15 Å². The van der Waals surface area contributed by atoms with Gasteiger partial charge in [-0.3, -0.25) is 4.99 Å². The fraction of sp³-hybridized carbons (Fsp3) is 0.667. The van der Waals surface area contributed by atoms with Gasteiger partial charge in [-0.05, 0) is 32.9 Å². The van der Waals surface area contributed by atoms with Crippen LogP contribution in [0.15, 0.2) is 21.5 Å². The zero-order valence-corrected chi connectivity index (χ0v) is 15.6. The molecule has 2 heterocycles. The average Bonchev–Trinajstić information content (AvgIpc) is 2.81. The van der Waals surface area contributed by atoms with E-state index in [0.717, 1.165) is 43.8 Å². The van der Waals surface area contributed by atoms with Crippen LogP contribution in [0.25, 0.3) is 0 Å². The number of hydrogen-bond acceptors (Lipinski definition) is 3. The third-order valence-corrected chi connectivity index (χ3v) is 3.41. The van der Waals surface area contributed by atoms with Crippen LogP contribution < -0.4 is 10.6 Å². The fourth-order valence-corrected chi connectivity index (χ4v) is 2.09. The van der Waals surface area contributed by atoms with Crippen molar-refractivity contribution in [2.75, 3.05) is 26.3 Å². The minimum atomic E-state index is 0. The van der Waals surface area contributed by atoms with Gasteiger partial charge in [0.15, 0.2) is 5.96 Å². The molecule has 0 saturated carbocycles. The van der Waals surface area contributed by atoms with Gasteiger partial charge in [-0.25, -0.2) is 0 Å². The molecule has 2 rings (SSSR count). The Morgan fingerprint density at radius 2 is 2.14 bits per heavy atom. The first-order chi connectivity index (χ1) is 9.52. The standard InChI is InChI=1S/C15H25N3O2.HI/c1-5-16-14(17-8-15(4)9-19-10-15)18-12(3)13-7-6-11(2)20-13;/h6-7,12H,5,8-10H2,1-4H3,(H2,16,17,18);1H. The quantitative estimate of drug-likeness (QED) is 0.448. The molecule has 0 aliphatic carbocycles. The highest BCUT2D eigenvalue weighted by Crippen LogP contribution is 2.26. The number of halogens is 1. The molecule has 21 heavy (non-hydrogen) atoms. The van der Waals surface area contributed by atoms with Crippen molar-refractivity contribution in [3.63, 3.8) is 0 Å². The van der Waals surface area contributed by atoms with Gasteiger partial charge < -0.3 is 19.8 Å². The number of nitrogens with one attached hydrogen (secondary N) is 2. The van der Waals surface area contributed by atoms with E-state index < -0.39 is 0 Å². The zero-order chi connectivity index (χ0) is 14.6. The van der Waals surface area contributed by atoms with Crippen molar-refractivity contribution in [2.45, 2.75) is 33.7 Å². The molecule has 1 fully saturated rings. The largest absolute Gasteiger partial charge is 0.464 e. The Labute approximate surface area is 143 Å². The van der Waals surface area contributed by atoms with E-state index in [2.05, 4.69) is 36.4 Å². The van der Waals surface area contributed by atoms with Crippen LogP contribution in [-0.4, -0.2) is 32.3 Å². The average molecular weight is 407 g/mol. The van der Waals surface area contributed by atoms with E-state index >= 15 is 0 Å².